The largest absolute Gasteiger partial charge is 0.507 e. The van der Waals surface area contributed by atoms with Gasteiger partial charge in [0.25, 0.3) is 0 Å². The van der Waals surface area contributed by atoms with Crippen LogP contribution in [-0.2, 0) is 25.5 Å². The molecule has 6 atom stereocenters. The minimum absolute atomic E-state index is 0.0317. The van der Waals surface area contributed by atoms with Gasteiger partial charge >= 0.3 is 5.97 Å². The zero-order valence-corrected chi connectivity index (χ0v) is 29.0. The quantitative estimate of drug-likeness (QED) is 0.205. The molecule has 1 N–H and O–H groups in total. The molecule has 250 valence electrons. The highest BCUT2D eigenvalue weighted by Crippen LogP contribution is 2.69. The van der Waals surface area contributed by atoms with Gasteiger partial charge in [0.05, 0.1) is 12.7 Å². The lowest BCUT2D eigenvalue weighted by molar-refractivity contribution is -0.171. The number of phenolic OH excluding ortho intramolecular Hbond substituents is 1. The smallest absolute Gasteiger partial charge is 0.333 e. The van der Waals surface area contributed by atoms with Crippen molar-refractivity contribution >= 4 is 17.5 Å². The van der Waals surface area contributed by atoms with Gasteiger partial charge in [0.15, 0.2) is 22.8 Å². The molecule has 1 saturated heterocycles. The first-order valence-electron chi connectivity index (χ1n) is 16.9. The number of hydrogen-bond acceptors (Lipinski definition) is 8. The molecule has 7 aliphatic rings. The van der Waals surface area contributed by atoms with Crippen LogP contribution in [0.2, 0.25) is 0 Å². The van der Waals surface area contributed by atoms with Crippen molar-refractivity contribution < 1.29 is 38.4 Å². The van der Waals surface area contributed by atoms with E-state index in [1.54, 1.807) is 19.1 Å². The molecular formula is C39H46O8. The van der Waals surface area contributed by atoms with E-state index in [0.29, 0.717) is 47.3 Å². The van der Waals surface area contributed by atoms with Crippen molar-refractivity contribution in [2.75, 3.05) is 7.11 Å². The lowest BCUT2D eigenvalue weighted by Gasteiger charge is -2.56. The Kier molecular flexibility index (Phi) is 6.91. The minimum atomic E-state index is -1.56. The van der Waals surface area contributed by atoms with Gasteiger partial charge in [-0.25, -0.2) is 4.79 Å². The molecule has 8 nitrogen and oxygen atoms in total. The first-order valence-corrected chi connectivity index (χ1v) is 16.9. The van der Waals surface area contributed by atoms with Crippen LogP contribution in [0.3, 0.4) is 0 Å². The van der Waals surface area contributed by atoms with Crippen LogP contribution in [0.5, 0.6) is 17.2 Å². The molecule has 0 amide bonds. The summed E-state index contributed by atoms with van der Waals surface area (Å²) >= 11 is 0. The van der Waals surface area contributed by atoms with E-state index in [9.17, 15) is 14.7 Å². The summed E-state index contributed by atoms with van der Waals surface area (Å²) < 4.78 is 25.9. The van der Waals surface area contributed by atoms with E-state index in [0.717, 1.165) is 18.4 Å². The highest BCUT2D eigenvalue weighted by molar-refractivity contribution is 6.18. The number of allylic oxidation sites excluding steroid dienone is 5. The SMILES string of the molecule is COC(=O)/C(C)=C\C[C@@]12OC(C)(C)[C@@H]3C[C@@H](C=C4C(=O)c5c(O)c6c(c(CC=C(C)C)c5O[C@]431)O[C@]1(C)CCC(=C(C)C)C6C1)C2=O. The van der Waals surface area contributed by atoms with Gasteiger partial charge in [0.2, 0.25) is 0 Å². The summed E-state index contributed by atoms with van der Waals surface area (Å²) in [4.78, 5) is 41.9. The average molecular weight is 643 g/mol. The van der Waals surface area contributed by atoms with Crippen LogP contribution in [0, 0.1) is 11.8 Å². The van der Waals surface area contributed by atoms with Gasteiger partial charge in [-0.2, -0.15) is 0 Å². The first kappa shape index (κ1) is 31.9. The number of fused-ring (bicyclic) bond motifs is 5. The Morgan fingerprint density at radius 1 is 1.06 bits per heavy atom. The van der Waals surface area contributed by atoms with Crippen molar-refractivity contribution in [2.45, 2.75) is 122 Å². The summed E-state index contributed by atoms with van der Waals surface area (Å²) in [5.74, 6) is -1.24. The van der Waals surface area contributed by atoms with Gasteiger partial charge in [0, 0.05) is 46.4 Å². The van der Waals surface area contributed by atoms with Crippen LogP contribution in [-0.4, -0.2) is 52.2 Å². The Bertz CT molecular complexity index is 1780. The van der Waals surface area contributed by atoms with Gasteiger partial charge in [-0.05, 0) is 87.5 Å². The molecule has 3 heterocycles. The van der Waals surface area contributed by atoms with Gasteiger partial charge in [-0.15, -0.1) is 0 Å². The Morgan fingerprint density at radius 2 is 1.79 bits per heavy atom. The number of phenols is 1. The van der Waals surface area contributed by atoms with Gasteiger partial charge in [0.1, 0.15) is 28.4 Å². The second-order valence-electron chi connectivity index (χ2n) is 15.7. The maximum Gasteiger partial charge on any atom is 0.333 e. The molecule has 6 bridgehead atoms. The molecule has 47 heavy (non-hydrogen) atoms. The number of carbonyl (C=O) groups excluding carboxylic acids is 3. The van der Waals surface area contributed by atoms with Crippen molar-refractivity contribution in [3.05, 3.63) is 62.8 Å². The first-order chi connectivity index (χ1) is 22.0. The molecule has 2 saturated carbocycles. The third-order valence-corrected chi connectivity index (χ3v) is 11.8. The number of carbonyl (C=O) groups is 3. The summed E-state index contributed by atoms with van der Waals surface area (Å²) in [7, 11) is 1.31. The molecule has 1 unspecified atom stereocenters. The average Bonchev–Trinajstić information content (AvgIpc) is 3.15. The van der Waals surface area contributed by atoms with Crippen LogP contribution >= 0.6 is 0 Å². The van der Waals surface area contributed by atoms with E-state index >= 15 is 4.79 Å². The molecule has 8 heteroatoms. The van der Waals surface area contributed by atoms with Crippen molar-refractivity contribution in [3.8, 4) is 17.2 Å². The van der Waals surface area contributed by atoms with E-state index in [4.69, 9.17) is 18.9 Å². The van der Waals surface area contributed by atoms with Crippen LogP contribution in [0.4, 0.5) is 0 Å². The fourth-order valence-corrected chi connectivity index (χ4v) is 9.63. The number of esters is 1. The summed E-state index contributed by atoms with van der Waals surface area (Å²) in [5.41, 5.74) is 1.48. The summed E-state index contributed by atoms with van der Waals surface area (Å²) in [6.07, 6.45) is 8.85. The Morgan fingerprint density at radius 3 is 2.45 bits per heavy atom. The molecule has 0 radical (unpaired) electrons. The number of benzene rings is 1. The number of aromatic hydroxyl groups is 1. The monoisotopic (exact) mass is 642 g/mol. The molecule has 1 spiro atoms. The predicted octanol–water partition coefficient (Wildman–Crippen LogP) is 7.17. The van der Waals surface area contributed by atoms with E-state index < -0.39 is 34.3 Å². The Labute approximate surface area is 276 Å². The van der Waals surface area contributed by atoms with Crippen molar-refractivity contribution in [3.63, 3.8) is 0 Å². The predicted molar refractivity (Wildman–Crippen MR) is 176 cm³/mol. The number of hydrogen-bond donors (Lipinski definition) is 1. The lowest BCUT2D eigenvalue weighted by atomic mass is 9.51. The normalized spacial score (nSPS) is 34.0. The fourth-order valence-electron chi connectivity index (χ4n) is 9.63. The molecule has 8 rings (SSSR count). The minimum Gasteiger partial charge on any atom is -0.507 e. The molecule has 4 aliphatic carbocycles. The van der Waals surface area contributed by atoms with E-state index in [1.807, 2.05) is 27.7 Å². The number of Topliss-reactive ketones (excluding diaryl/α,β-unsaturated/α-hetero) is 2. The standard InChI is InChI=1S/C39H46O8/c1-19(2)10-11-24-32-28(25-18-37(8,45-32)14-13-23(25)20(3)4)31(41)29-30(40)26-16-22-17-27-36(6,7)47-38(34(22)42,39(26,27)46-33(24)29)15-12-21(5)35(43)44-9/h10,12,16,22,25,27,41H,11,13-15,17-18H2,1-9H3/b21-12-/t22-,25?,27+,37-,38+,39-/m1/s1. The maximum atomic E-state index is 15.0. The second-order valence-corrected chi connectivity index (χ2v) is 15.7. The van der Waals surface area contributed by atoms with Gasteiger partial charge in [-0.1, -0.05) is 34.9 Å². The lowest BCUT2D eigenvalue weighted by Crippen LogP contribution is -2.72. The molecule has 3 fully saturated rings. The number of ether oxygens (including phenoxy) is 4. The molecule has 1 aromatic rings. The van der Waals surface area contributed by atoms with Crippen LogP contribution in [0.1, 0.15) is 115 Å². The Balaban J connectivity index is 1.52. The van der Waals surface area contributed by atoms with Crippen molar-refractivity contribution in [2.24, 2.45) is 11.8 Å². The number of methoxy groups -OCH3 is 1. The van der Waals surface area contributed by atoms with Crippen LogP contribution in [0.25, 0.3) is 0 Å². The third kappa shape index (κ3) is 4.12. The third-order valence-electron chi connectivity index (χ3n) is 11.8. The van der Waals surface area contributed by atoms with E-state index in [1.165, 1.54) is 18.3 Å². The number of rotatable bonds is 5. The fraction of sp³-hybridized carbons (Fsp3) is 0.564. The van der Waals surface area contributed by atoms with Crippen molar-refractivity contribution in [1.82, 2.24) is 0 Å². The summed E-state index contributed by atoms with van der Waals surface area (Å²) in [5, 5.41) is 12.2. The van der Waals surface area contributed by atoms with Crippen LogP contribution in [0.15, 0.2) is 46.1 Å². The molecule has 0 aromatic heterocycles. The highest BCUT2D eigenvalue weighted by atomic mass is 16.6. The zero-order valence-electron chi connectivity index (χ0n) is 29.0. The summed E-state index contributed by atoms with van der Waals surface area (Å²) in [6, 6.07) is 0. The number of ketones is 2. The topological polar surface area (TPSA) is 108 Å². The highest BCUT2D eigenvalue weighted by Gasteiger charge is 2.81. The van der Waals surface area contributed by atoms with Gasteiger partial charge in [-0.3, -0.25) is 9.59 Å². The summed E-state index contributed by atoms with van der Waals surface area (Å²) in [6.45, 7) is 15.9. The zero-order chi connectivity index (χ0) is 34.0. The second kappa shape index (κ2) is 10.2. The van der Waals surface area contributed by atoms with Gasteiger partial charge < -0.3 is 24.1 Å². The molecule has 3 aliphatic heterocycles. The van der Waals surface area contributed by atoms with Crippen molar-refractivity contribution in [1.29, 1.82) is 0 Å². The molecular weight excluding hydrogens is 596 g/mol. The van der Waals surface area contributed by atoms with Crippen LogP contribution < -0.4 is 9.47 Å². The van der Waals surface area contributed by atoms with E-state index in [2.05, 4.69) is 26.8 Å². The maximum absolute atomic E-state index is 15.0. The van der Waals surface area contributed by atoms with E-state index in [-0.39, 0.29) is 46.9 Å². The molecule has 1 aromatic carbocycles. The Hall–Kier alpha value is -3.65.